The third-order valence-electron chi connectivity index (χ3n) is 3.67. The molecular formula is C19H15ClN2O2S2. The van der Waals surface area contributed by atoms with Crippen molar-refractivity contribution in [2.45, 2.75) is 4.21 Å². The average Bonchev–Trinajstić information content (AvgIpc) is 3.00. The Hall–Kier alpha value is -2.28. The molecule has 1 aromatic heterocycles. The maximum atomic E-state index is 12.7. The van der Waals surface area contributed by atoms with Crippen LogP contribution >= 0.6 is 34.7 Å². The van der Waals surface area contributed by atoms with Crippen molar-refractivity contribution in [3.63, 3.8) is 0 Å². The lowest BCUT2D eigenvalue weighted by molar-refractivity contribution is 0.102. The summed E-state index contributed by atoms with van der Waals surface area (Å²) in [6.45, 7) is 0. The number of hydrogen-bond donors (Lipinski definition) is 2. The number of nitrogens with one attached hydrogen (secondary N) is 1. The van der Waals surface area contributed by atoms with E-state index >= 15 is 0 Å². The van der Waals surface area contributed by atoms with E-state index in [9.17, 15) is 9.59 Å². The summed E-state index contributed by atoms with van der Waals surface area (Å²) in [5.74, 6) is -0.536. The minimum absolute atomic E-state index is 0.186. The van der Waals surface area contributed by atoms with Gasteiger partial charge >= 0.3 is 0 Å². The van der Waals surface area contributed by atoms with Crippen LogP contribution in [0.1, 0.15) is 25.6 Å². The van der Waals surface area contributed by atoms with Crippen LogP contribution in [0.25, 0.3) is 0 Å². The van der Waals surface area contributed by atoms with Crippen molar-refractivity contribution in [2.75, 3.05) is 17.3 Å². The molecule has 4 nitrogen and oxygen atoms in total. The summed E-state index contributed by atoms with van der Waals surface area (Å²) in [6, 6.07) is 15.7. The van der Waals surface area contributed by atoms with Crippen LogP contribution in [-0.2, 0) is 0 Å². The summed E-state index contributed by atoms with van der Waals surface area (Å²) >= 11 is 8.49. The zero-order chi connectivity index (χ0) is 18.7. The highest BCUT2D eigenvalue weighted by Gasteiger charge is 2.25. The molecule has 0 unspecified atom stereocenters. The summed E-state index contributed by atoms with van der Waals surface area (Å²) in [5, 5.41) is 3.38. The fourth-order valence-corrected chi connectivity index (χ4v) is 4.43. The van der Waals surface area contributed by atoms with Gasteiger partial charge in [-0.15, -0.1) is 23.1 Å². The highest BCUT2D eigenvalue weighted by Crippen LogP contribution is 2.38. The van der Waals surface area contributed by atoms with E-state index in [1.165, 1.54) is 23.1 Å². The Bertz CT molecular complexity index is 954. The molecular weight excluding hydrogens is 388 g/mol. The first-order valence-electron chi connectivity index (χ1n) is 7.64. The van der Waals surface area contributed by atoms with Crippen LogP contribution in [0.3, 0.4) is 0 Å². The van der Waals surface area contributed by atoms with Crippen LogP contribution < -0.4 is 11.1 Å². The number of rotatable bonds is 5. The van der Waals surface area contributed by atoms with Gasteiger partial charge in [-0.3, -0.25) is 9.59 Å². The first-order chi connectivity index (χ1) is 12.5. The monoisotopic (exact) mass is 402 g/mol. The van der Waals surface area contributed by atoms with Gasteiger partial charge in [-0.05, 0) is 30.5 Å². The normalized spacial score (nSPS) is 10.5. The third kappa shape index (κ3) is 3.77. The van der Waals surface area contributed by atoms with Gasteiger partial charge in [-0.2, -0.15) is 0 Å². The number of carbonyl (C=O) groups is 2. The maximum Gasteiger partial charge on any atom is 0.259 e. The maximum absolute atomic E-state index is 12.7. The minimum atomic E-state index is -0.350. The van der Waals surface area contributed by atoms with Crippen LogP contribution in [0.5, 0.6) is 0 Å². The molecule has 0 fully saturated rings. The van der Waals surface area contributed by atoms with Crippen molar-refractivity contribution >= 4 is 57.8 Å². The van der Waals surface area contributed by atoms with Gasteiger partial charge < -0.3 is 11.1 Å². The second-order valence-corrected chi connectivity index (χ2v) is 7.90. The Morgan fingerprint density at radius 2 is 1.73 bits per heavy atom. The highest BCUT2D eigenvalue weighted by molar-refractivity contribution is 8.00. The van der Waals surface area contributed by atoms with E-state index in [-0.39, 0.29) is 17.4 Å². The van der Waals surface area contributed by atoms with E-state index in [2.05, 4.69) is 5.32 Å². The Morgan fingerprint density at radius 3 is 2.35 bits per heavy atom. The smallest absolute Gasteiger partial charge is 0.259 e. The molecule has 3 rings (SSSR count). The molecule has 0 saturated carbocycles. The SMILES string of the molecule is CSc1sc(C(=O)c2ccccc2)c(N)c1C(=O)Nc1ccc(Cl)cc1. The van der Waals surface area contributed by atoms with Crippen LogP contribution in [0.15, 0.2) is 58.8 Å². The Morgan fingerprint density at radius 1 is 1.08 bits per heavy atom. The predicted molar refractivity (Wildman–Crippen MR) is 110 cm³/mol. The van der Waals surface area contributed by atoms with Crippen molar-refractivity contribution in [3.8, 4) is 0 Å². The van der Waals surface area contributed by atoms with Crippen molar-refractivity contribution in [2.24, 2.45) is 0 Å². The van der Waals surface area contributed by atoms with Crippen molar-refractivity contribution in [3.05, 3.63) is 75.6 Å². The molecule has 26 heavy (non-hydrogen) atoms. The van der Waals surface area contributed by atoms with E-state index in [0.717, 1.165) is 0 Å². The number of halogens is 1. The highest BCUT2D eigenvalue weighted by atomic mass is 35.5. The first-order valence-corrected chi connectivity index (χ1v) is 10.1. The number of ketones is 1. The molecule has 0 radical (unpaired) electrons. The molecule has 0 atom stereocenters. The minimum Gasteiger partial charge on any atom is -0.397 e. The molecule has 0 bridgehead atoms. The number of nitrogens with two attached hydrogens (primary N) is 1. The zero-order valence-electron chi connectivity index (χ0n) is 13.8. The number of hydrogen-bond acceptors (Lipinski definition) is 5. The molecule has 0 aliphatic carbocycles. The number of thioether (sulfide) groups is 1. The number of anilines is 2. The molecule has 0 aliphatic heterocycles. The summed E-state index contributed by atoms with van der Waals surface area (Å²) < 4.78 is 0.702. The fraction of sp³-hybridized carbons (Fsp3) is 0.0526. The van der Waals surface area contributed by atoms with Gasteiger partial charge in [0.15, 0.2) is 0 Å². The van der Waals surface area contributed by atoms with E-state index < -0.39 is 0 Å². The lowest BCUT2D eigenvalue weighted by Gasteiger charge is -2.07. The molecule has 1 heterocycles. The van der Waals surface area contributed by atoms with Gasteiger partial charge in [0.05, 0.1) is 20.3 Å². The second kappa shape index (κ2) is 7.95. The van der Waals surface area contributed by atoms with Crippen LogP contribution in [0.2, 0.25) is 5.02 Å². The number of benzene rings is 2. The molecule has 3 N–H and O–H groups in total. The molecule has 7 heteroatoms. The lowest BCUT2D eigenvalue weighted by atomic mass is 10.1. The number of carbonyl (C=O) groups excluding carboxylic acids is 2. The van der Waals surface area contributed by atoms with Crippen molar-refractivity contribution in [1.29, 1.82) is 0 Å². The van der Waals surface area contributed by atoms with Gasteiger partial charge in [0.2, 0.25) is 5.78 Å². The van der Waals surface area contributed by atoms with Crippen LogP contribution in [0, 0.1) is 0 Å². The van der Waals surface area contributed by atoms with Crippen LogP contribution in [-0.4, -0.2) is 17.9 Å². The topological polar surface area (TPSA) is 72.2 Å². The quantitative estimate of drug-likeness (QED) is 0.455. The third-order valence-corrected chi connectivity index (χ3v) is 6.25. The second-order valence-electron chi connectivity index (χ2n) is 5.37. The average molecular weight is 403 g/mol. The van der Waals surface area contributed by atoms with E-state index in [1.807, 2.05) is 12.3 Å². The Labute approximate surface area is 164 Å². The number of amides is 1. The molecule has 132 valence electrons. The van der Waals surface area contributed by atoms with Gasteiger partial charge in [-0.25, -0.2) is 0 Å². The standard InChI is InChI=1S/C19H15ClN2O2S2/c1-25-19-14(18(24)22-13-9-7-12(20)8-10-13)15(21)17(26-19)16(23)11-5-3-2-4-6-11/h2-10H,21H2,1H3,(H,22,24). The van der Waals surface area contributed by atoms with E-state index in [0.29, 0.717) is 30.9 Å². The fourth-order valence-electron chi connectivity index (χ4n) is 2.40. The predicted octanol–water partition coefficient (Wildman–Crippen LogP) is 5.19. The van der Waals surface area contributed by atoms with Gasteiger partial charge in [0.25, 0.3) is 5.91 Å². The largest absolute Gasteiger partial charge is 0.397 e. The lowest BCUT2D eigenvalue weighted by Crippen LogP contribution is -2.14. The number of nitrogen functional groups attached to an aromatic ring is 1. The van der Waals surface area contributed by atoms with E-state index in [4.69, 9.17) is 17.3 Å². The summed E-state index contributed by atoms with van der Waals surface area (Å²) in [7, 11) is 0. The molecule has 2 aromatic carbocycles. The molecule has 3 aromatic rings. The van der Waals surface area contributed by atoms with Crippen molar-refractivity contribution < 1.29 is 9.59 Å². The Balaban J connectivity index is 1.94. The van der Waals surface area contributed by atoms with Crippen molar-refractivity contribution in [1.82, 2.24) is 0 Å². The molecule has 0 saturated heterocycles. The van der Waals surface area contributed by atoms with Crippen LogP contribution in [0.4, 0.5) is 11.4 Å². The summed E-state index contributed by atoms with van der Waals surface area (Å²) in [6.07, 6.45) is 1.85. The molecule has 0 aliphatic rings. The van der Waals surface area contributed by atoms with Gasteiger partial charge in [0, 0.05) is 16.3 Å². The Kier molecular flexibility index (Phi) is 5.66. The zero-order valence-corrected chi connectivity index (χ0v) is 16.2. The summed E-state index contributed by atoms with van der Waals surface area (Å²) in [4.78, 5) is 25.8. The molecule has 0 spiro atoms. The molecule has 1 amide bonds. The van der Waals surface area contributed by atoms with E-state index in [1.54, 1.807) is 48.5 Å². The number of thiophene rings is 1. The van der Waals surface area contributed by atoms with Gasteiger partial charge in [0.1, 0.15) is 0 Å². The van der Waals surface area contributed by atoms with Gasteiger partial charge in [-0.1, -0.05) is 41.9 Å². The first kappa shape index (κ1) is 18.5. The summed E-state index contributed by atoms with van der Waals surface area (Å²) in [5.41, 5.74) is 7.87.